The highest BCUT2D eigenvalue weighted by Crippen LogP contribution is 2.22. The Kier molecular flexibility index (Phi) is 7.02. The van der Waals surface area contributed by atoms with Crippen LogP contribution in [0.25, 0.3) is 0 Å². The zero-order valence-corrected chi connectivity index (χ0v) is 15.4. The van der Waals surface area contributed by atoms with Gasteiger partial charge in [0, 0.05) is 26.2 Å². The molecule has 0 spiro atoms. The van der Waals surface area contributed by atoms with Crippen molar-refractivity contribution < 1.29 is 14.3 Å². The fraction of sp³-hybridized carbons (Fsp3) is 0.300. The van der Waals surface area contributed by atoms with E-state index in [1.54, 1.807) is 26.1 Å². The van der Waals surface area contributed by atoms with Crippen LogP contribution >= 0.6 is 0 Å². The molecule has 0 radical (unpaired) electrons. The van der Waals surface area contributed by atoms with Gasteiger partial charge in [0.2, 0.25) is 11.8 Å². The molecule has 0 heterocycles. The van der Waals surface area contributed by atoms with Crippen LogP contribution in [0.1, 0.15) is 12.0 Å². The van der Waals surface area contributed by atoms with Crippen molar-refractivity contribution in [3.05, 3.63) is 54.1 Å². The predicted octanol–water partition coefficient (Wildman–Crippen LogP) is 2.77. The van der Waals surface area contributed by atoms with E-state index >= 15 is 0 Å². The molecule has 2 amide bonds. The van der Waals surface area contributed by atoms with Crippen LogP contribution in [0.3, 0.4) is 0 Å². The second-order valence-electron chi connectivity index (χ2n) is 6.09. The van der Waals surface area contributed by atoms with Gasteiger partial charge in [0.25, 0.3) is 0 Å². The lowest BCUT2D eigenvalue weighted by atomic mass is 10.1. The molecule has 6 nitrogen and oxygen atoms in total. The zero-order valence-electron chi connectivity index (χ0n) is 15.4. The number of nitrogens with zero attached hydrogens (tertiary/aromatic N) is 1. The molecule has 6 heteroatoms. The molecule has 138 valence electrons. The number of carbonyl (C=O) groups is 2. The summed E-state index contributed by atoms with van der Waals surface area (Å²) in [7, 11) is 5.09. The number of aryl methyl sites for hydroxylation is 1. The third kappa shape index (κ3) is 5.81. The Balaban J connectivity index is 1.82. The molecule has 2 N–H and O–H groups in total. The van der Waals surface area contributed by atoms with E-state index in [0.29, 0.717) is 18.6 Å². The number of rotatable bonds is 8. The first-order chi connectivity index (χ1) is 12.5. The minimum absolute atomic E-state index is 0.102. The number of hydrogen-bond donors (Lipinski definition) is 2. The van der Waals surface area contributed by atoms with Gasteiger partial charge in [0.05, 0.1) is 19.3 Å². The number of amides is 2. The van der Waals surface area contributed by atoms with E-state index in [-0.39, 0.29) is 18.4 Å². The monoisotopic (exact) mass is 355 g/mol. The van der Waals surface area contributed by atoms with Gasteiger partial charge in [0.15, 0.2) is 0 Å². The van der Waals surface area contributed by atoms with Crippen LogP contribution in [-0.4, -0.2) is 44.5 Å². The summed E-state index contributed by atoms with van der Waals surface area (Å²) in [6.45, 7) is 0.138. The maximum Gasteiger partial charge on any atom is 0.243 e. The van der Waals surface area contributed by atoms with Crippen LogP contribution in [-0.2, 0) is 16.0 Å². The Morgan fingerprint density at radius 1 is 1.04 bits per heavy atom. The maximum atomic E-state index is 12.1. The zero-order chi connectivity index (χ0) is 18.9. The van der Waals surface area contributed by atoms with Crippen molar-refractivity contribution in [2.24, 2.45) is 0 Å². The van der Waals surface area contributed by atoms with E-state index in [0.717, 1.165) is 16.9 Å². The SMILES string of the molecule is COc1ccccc1NCC(=O)Nc1ccc(CCC(=O)N(C)C)cc1. The summed E-state index contributed by atoms with van der Waals surface area (Å²) in [4.78, 5) is 25.3. The average Bonchev–Trinajstić information content (AvgIpc) is 2.65. The number of nitrogens with one attached hydrogen (secondary N) is 2. The Labute approximate surface area is 154 Å². The van der Waals surface area contributed by atoms with Gasteiger partial charge in [-0.05, 0) is 36.2 Å². The van der Waals surface area contributed by atoms with Crippen molar-refractivity contribution in [2.45, 2.75) is 12.8 Å². The van der Waals surface area contributed by atoms with Gasteiger partial charge in [-0.25, -0.2) is 0 Å². The normalized spacial score (nSPS) is 10.1. The molecule has 0 aliphatic rings. The van der Waals surface area contributed by atoms with Crippen LogP contribution in [0.15, 0.2) is 48.5 Å². The lowest BCUT2D eigenvalue weighted by Gasteiger charge is -2.12. The Morgan fingerprint density at radius 3 is 2.38 bits per heavy atom. The second-order valence-corrected chi connectivity index (χ2v) is 6.09. The minimum atomic E-state index is -0.147. The van der Waals surface area contributed by atoms with Crippen LogP contribution in [0.5, 0.6) is 5.75 Å². The molecular weight excluding hydrogens is 330 g/mol. The third-order valence-electron chi connectivity index (χ3n) is 3.91. The predicted molar refractivity (Wildman–Crippen MR) is 104 cm³/mol. The van der Waals surface area contributed by atoms with E-state index in [2.05, 4.69) is 10.6 Å². The topological polar surface area (TPSA) is 70.7 Å². The molecule has 0 unspecified atom stereocenters. The molecule has 2 aromatic carbocycles. The molecule has 0 saturated carbocycles. The quantitative estimate of drug-likeness (QED) is 0.764. The van der Waals surface area contributed by atoms with Crippen LogP contribution < -0.4 is 15.4 Å². The lowest BCUT2D eigenvalue weighted by Crippen LogP contribution is -2.22. The fourth-order valence-corrected chi connectivity index (χ4v) is 2.40. The highest BCUT2D eigenvalue weighted by Gasteiger charge is 2.07. The van der Waals surface area contributed by atoms with E-state index in [9.17, 15) is 9.59 Å². The number of hydrogen-bond acceptors (Lipinski definition) is 4. The molecule has 0 saturated heterocycles. The van der Waals surface area contributed by atoms with Crippen molar-refractivity contribution >= 4 is 23.2 Å². The summed E-state index contributed by atoms with van der Waals surface area (Å²) in [5.74, 6) is 0.646. The first-order valence-corrected chi connectivity index (χ1v) is 8.45. The van der Waals surface area contributed by atoms with E-state index in [4.69, 9.17) is 4.74 Å². The number of anilines is 2. The van der Waals surface area contributed by atoms with Gasteiger partial charge in [0.1, 0.15) is 5.75 Å². The van der Waals surface area contributed by atoms with Crippen molar-refractivity contribution in [3.8, 4) is 5.75 Å². The summed E-state index contributed by atoms with van der Waals surface area (Å²) in [6, 6.07) is 15.0. The van der Waals surface area contributed by atoms with Crippen LogP contribution in [0.2, 0.25) is 0 Å². The van der Waals surface area contributed by atoms with E-state index < -0.39 is 0 Å². The molecule has 0 atom stereocenters. The third-order valence-corrected chi connectivity index (χ3v) is 3.91. The molecule has 0 aliphatic heterocycles. The van der Waals surface area contributed by atoms with Crippen LogP contribution in [0, 0.1) is 0 Å². The Bertz CT molecular complexity index is 742. The first kappa shape index (κ1) is 19.3. The van der Waals surface area contributed by atoms with Gasteiger partial charge in [-0.1, -0.05) is 24.3 Å². The molecule has 26 heavy (non-hydrogen) atoms. The largest absolute Gasteiger partial charge is 0.495 e. The van der Waals surface area contributed by atoms with E-state index in [1.807, 2.05) is 48.5 Å². The number of ether oxygens (including phenoxy) is 1. The number of benzene rings is 2. The van der Waals surface area contributed by atoms with E-state index in [1.165, 1.54) is 0 Å². The highest BCUT2D eigenvalue weighted by atomic mass is 16.5. The second kappa shape index (κ2) is 9.46. The summed E-state index contributed by atoms with van der Waals surface area (Å²) >= 11 is 0. The van der Waals surface area contributed by atoms with Gasteiger partial charge >= 0.3 is 0 Å². The van der Waals surface area contributed by atoms with Gasteiger partial charge in [-0.15, -0.1) is 0 Å². The van der Waals surface area contributed by atoms with Crippen molar-refractivity contribution in [3.63, 3.8) is 0 Å². The Hall–Kier alpha value is -3.02. The highest BCUT2D eigenvalue weighted by molar-refractivity contribution is 5.93. The standard InChI is InChI=1S/C20H25N3O3/c1-23(2)20(25)13-10-15-8-11-16(12-9-15)22-19(24)14-21-17-6-4-5-7-18(17)26-3/h4-9,11-12,21H,10,13-14H2,1-3H3,(H,22,24). The molecular formula is C20H25N3O3. The Morgan fingerprint density at radius 2 is 1.73 bits per heavy atom. The van der Waals surface area contributed by atoms with Crippen LogP contribution in [0.4, 0.5) is 11.4 Å². The molecule has 0 bridgehead atoms. The average molecular weight is 355 g/mol. The fourth-order valence-electron chi connectivity index (χ4n) is 2.40. The lowest BCUT2D eigenvalue weighted by molar-refractivity contribution is -0.128. The van der Waals surface area contributed by atoms with Gasteiger partial charge in [-0.3, -0.25) is 9.59 Å². The summed E-state index contributed by atoms with van der Waals surface area (Å²) in [6.07, 6.45) is 1.15. The van der Waals surface area contributed by atoms with Crippen molar-refractivity contribution in [1.82, 2.24) is 4.90 Å². The summed E-state index contributed by atoms with van der Waals surface area (Å²) < 4.78 is 5.24. The van der Waals surface area contributed by atoms with Crippen molar-refractivity contribution in [1.29, 1.82) is 0 Å². The smallest absolute Gasteiger partial charge is 0.243 e. The summed E-state index contributed by atoms with van der Waals surface area (Å²) in [5, 5.41) is 5.90. The summed E-state index contributed by atoms with van der Waals surface area (Å²) in [5.41, 5.74) is 2.55. The molecule has 2 aromatic rings. The maximum absolute atomic E-state index is 12.1. The number of carbonyl (C=O) groups excluding carboxylic acids is 2. The van der Waals surface area contributed by atoms with Crippen molar-refractivity contribution in [2.75, 3.05) is 38.4 Å². The molecule has 0 aromatic heterocycles. The molecule has 0 fully saturated rings. The number of para-hydroxylation sites is 2. The van der Waals surface area contributed by atoms with Gasteiger partial charge in [-0.2, -0.15) is 0 Å². The molecule has 0 aliphatic carbocycles. The van der Waals surface area contributed by atoms with Gasteiger partial charge < -0.3 is 20.3 Å². The molecule has 2 rings (SSSR count). The number of methoxy groups -OCH3 is 1. The minimum Gasteiger partial charge on any atom is -0.495 e. The first-order valence-electron chi connectivity index (χ1n) is 8.45.